The summed E-state index contributed by atoms with van der Waals surface area (Å²) in [5.74, 6) is -1.32. The maximum absolute atomic E-state index is 13.4. The van der Waals surface area contributed by atoms with E-state index in [1.165, 1.54) is 19.2 Å². The van der Waals surface area contributed by atoms with Crippen LogP contribution in [0.25, 0.3) is 0 Å². The number of nitrogens with one attached hydrogen (secondary N) is 2. The number of anilines is 1. The number of rotatable bonds is 6. The maximum Gasteiger partial charge on any atom is 0.322 e. The van der Waals surface area contributed by atoms with E-state index in [-0.39, 0.29) is 24.8 Å². The Hall–Kier alpha value is -2.68. The topological polar surface area (TPSA) is 91.0 Å². The number of urea groups is 1. The molecular weight excluding hydrogens is 367 g/mol. The third-order valence-corrected chi connectivity index (χ3v) is 5.25. The lowest BCUT2D eigenvalue weighted by atomic mass is 9.88. The lowest BCUT2D eigenvalue weighted by Crippen LogP contribution is -2.55. The molecule has 2 saturated heterocycles. The summed E-state index contributed by atoms with van der Waals surface area (Å²) in [7, 11) is 1.44. The van der Waals surface area contributed by atoms with Crippen LogP contribution in [0, 0.1) is 11.7 Å². The molecule has 0 spiro atoms. The molecule has 2 aliphatic rings. The van der Waals surface area contributed by atoms with Crippen LogP contribution in [0.2, 0.25) is 0 Å². The first-order valence-electron chi connectivity index (χ1n) is 9.26. The molecule has 0 bridgehead atoms. The summed E-state index contributed by atoms with van der Waals surface area (Å²) in [6, 6.07) is 5.82. The van der Waals surface area contributed by atoms with Crippen LogP contribution in [0.1, 0.15) is 13.3 Å². The highest BCUT2D eigenvalue weighted by Crippen LogP contribution is 2.24. The van der Waals surface area contributed by atoms with Gasteiger partial charge in [0.05, 0.1) is 6.61 Å². The first-order valence-corrected chi connectivity index (χ1v) is 9.26. The molecule has 152 valence electrons. The van der Waals surface area contributed by atoms with E-state index in [0.29, 0.717) is 26.2 Å². The molecule has 2 atom stereocenters. The van der Waals surface area contributed by atoms with Gasteiger partial charge in [0.15, 0.2) is 0 Å². The molecule has 8 nitrogen and oxygen atoms in total. The van der Waals surface area contributed by atoms with Crippen molar-refractivity contribution in [3.05, 3.63) is 30.1 Å². The smallest absolute Gasteiger partial charge is 0.322 e. The molecule has 3 rings (SSSR count). The summed E-state index contributed by atoms with van der Waals surface area (Å²) >= 11 is 0. The van der Waals surface area contributed by atoms with Crippen molar-refractivity contribution in [1.29, 1.82) is 0 Å². The van der Waals surface area contributed by atoms with Crippen LogP contribution in [0.15, 0.2) is 24.3 Å². The van der Waals surface area contributed by atoms with Gasteiger partial charge >= 0.3 is 6.03 Å². The number of amides is 4. The van der Waals surface area contributed by atoms with E-state index in [9.17, 15) is 18.8 Å². The van der Waals surface area contributed by atoms with Gasteiger partial charge in [-0.25, -0.2) is 9.18 Å². The first-order chi connectivity index (χ1) is 13.3. The number of piperazine rings is 1. The standard InChI is InChI=1S/C19H25FN4O4/c1-13(11-19(12-28-2)17(26)21-18(27)22-19)16(25)24-8-6-23(7-9-24)15-5-3-4-14(20)10-15/h3-5,10,13H,6-9,11-12H2,1-2H3,(H2,21,22,26,27). The maximum atomic E-state index is 13.4. The highest BCUT2D eigenvalue weighted by molar-refractivity contribution is 6.07. The van der Waals surface area contributed by atoms with E-state index in [1.807, 2.05) is 11.0 Å². The van der Waals surface area contributed by atoms with E-state index in [4.69, 9.17) is 4.74 Å². The van der Waals surface area contributed by atoms with Gasteiger partial charge in [0.2, 0.25) is 5.91 Å². The van der Waals surface area contributed by atoms with E-state index < -0.39 is 23.4 Å². The third-order valence-electron chi connectivity index (χ3n) is 5.25. The number of imide groups is 1. The minimum atomic E-state index is -1.23. The van der Waals surface area contributed by atoms with Gasteiger partial charge in [-0.1, -0.05) is 13.0 Å². The summed E-state index contributed by atoms with van der Waals surface area (Å²) in [6.45, 7) is 3.96. The average molecular weight is 392 g/mol. The number of hydrogen-bond donors (Lipinski definition) is 2. The fourth-order valence-electron chi connectivity index (χ4n) is 3.86. The van der Waals surface area contributed by atoms with Crippen LogP contribution < -0.4 is 15.5 Å². The Balaban J connectivity index is 1.60. The number of halogens is 1. The highest BCUT2D eigenvalue weighted by atomic mass is 19.1. The van der Waals surface area contributed by atoms with Gasteiger partial charge in [-0.2, -0.15) is 0 Å². The number of hydrogen-bond acceptors (Lipinski definition) is 5. The van der Waals surface area contributed by atoms with Crippen molar-refractivity contribution in [2.24, 2.45) is 5.92 Å². The molecule has 2 N–H and O–H groups in total. The Morgan fingerprint density at radius 1 is 1.29 bits per heavy atom. The van der Waals surface area contributed by atoms with Crippen molar-refractivity contribution in [3.8, 4) is 0 Å². The predicted octanol–water partition coefficient (Wildman–Crippen LogP) is 0.725. The number of carbonyl (C=O) groups excluding carboxylic acids is 3. The molecule has 2 aliphatic heterocycles. The van der Waals surface area contributed by atoms with Gasteiger partial charge in [0, 0.05) is 44.9 Å². The van der Waals surface area contributed by atoms with Crippen molar-refractivity contribution in [2.45, 2.75) is 18.9 Å². The lowest BCUT2D eigenvalue weighted by molar-refractivity contribution is -0.137. The second-order valence-corrected chi connectivity index (χ2v) is 7.32. The van der Waals surface area contributed by atoms with Gasteiger partial charge in [0.1, 0.15) is 11.4 Å². The molecule has 0 aromatic heterocycles. The Labute approximate surface area is 163 Å². The summed E-state index contributed by atoms with van der Waals surface area (Å²) in [5.41, 5.74) is -0.436. The molecule has 0 aliphatic carbocycles. The Morgan fingerprint density at radius 2 is 2.00 bits per heavy atom. The summed E-state index contributed by atoms with van der Waals surface area (Å²) in [4.78, 5) is 40.4. The van der Waals surface area contributed by atoms with Crippen LogP contribution in [0.4, 0.5) is 14.9 Å². The minimum Gasteiger partial charge on any atom is -0.382 e. The second-order valence-electron chi connectivity index (χ2n) is 7.32. The molecule has 1 aromatic carbocycles. The van der Waals surface area contributed by atoms with Crippen molar-refractivity contribution < 1.29 is 23.5 Å². The molecule has 28 heavy (non-hydrogen) atoms. The van der Waals surface area contributed by atoms with Crippen molar-refractivity contribution in [3.63, 3.8) is 0 Å². The molecule has 2 heterocycles. The molecule has 9 heteroatoms. The SMILES string of the molecule is COCC1(CC(C)C(=O)N2CCN(c3cccc(F)c3)CC2)NC(=O)NC1=O. The number of benzene rings is 1. The van der Waals surface area contributed by atoms with E-state index in [1.54, 1.807) is 17.9 Å². The number of ether oxygens (including phenoxy) is 1. The van der Waals surface area contributed by atoms with Crippen molar-refractivity contribution in [2.75, 3.05) is 44.8 Å². The van der Waals surface area contributed by atoms with Crippen LogP contribution >= 0.6 is 0 Å². The predicted molar refractivity (Wildman–Crippen MR) is 100 cm³/mol. The number of nitrogens with zero attached hydrogens (tertiary/aromatic N) is 2. The molecule has 0 saturated carbocycles. The van der Waals surface area contributed by atoms with Crippen LogP contribution in [0.3, 0.4) is 0 Å². The fraction of sp³-hybridized carbons (Fsp3) is 0.526. The average Bonchev–Trinajstić information content (AvgIpc) is 2.94. The highest BCUT2D eigenvalue weighted by Gasteiger charge is 2.48. The van der Waals surface area contributed by atoms with Crippen molar-refractivity contribution in [1.82, 2.24) is 15.5 Å². The molecule has 4 amide bonds. The summed E-state index contributed by atoms with van der Waals surface area (Å²) in [5, 5.41) is 4.82. The Kier molecular flexibility index (Phi) is 5.83. The van der Waals surface area contributed by atoms with Gasteiger partial charge in [-0.3, -0.25) is 14.9 Å². The number of carbonyl (C=O) groups is 3. The second kappa shape index (κ2) is 8.14. The van der Waals surface area contributed by atoms with Gasteiger partial charge in [-0.15, -0.1) is 0 Å². The van der Waals surface area contributed by atoms with E-state index in [0.717, 1.165) is 5.69 Å². The first kappa shape index (κ1) is 20.1. The molecule has 0 radical (unpaired) electrons. The normalized spacial score (nSPS) is 23.4. The molecule has 2 fully saturated rings. The van der Waals surface area contributed by atoms with E-state index in [2.05, 4.69) is 10.6 Å². The molecular formula is C19H25FN4O4. The van der Waals surface area contributed by atoms with Crippen molar-refractivity contribution >= 4 is 23.5 Å². The fourth-order valence-corrected chi connectivity index (χ4v) is 3.86. The Morgan fingerprint density at radius 3 is 2.57 bits per heavy atom. The minimum absolute atomic E-state index is 0.00442. The lowest BCUT2D eigenvalue weighted by Gasteiger charge is -2.38. The van der Waals surface area contributed by atoms with Crippen LogP contribution in [-0.4, -0.2) is 68.2 Å². The van der Waals surface area contributed by atoms with Crippen LogP contribution in [0.5, 0.6) is 0 Å². The summed E-state index contributed by atoms with van der Waals surface area (Å²) in [6.07, 6.45) is 0.154. The van der Waals surface area contributed by atoms with E-state index >= 15 is 0 Å². The zero-order valence-electron chi connectivity index (χ0n) is 16.0. The Bertz CT molecular complexity index is 766. The summed E-state index contributed by atoms with van der Waals surface area (Å²) < 4.78 is 18.5. The monoisotopic (exact) mass is 392 g/mol. The van der Waals surface area contributed by atoms with Crippen LogP contribution in [-0.2, 0) is 14.3 Å². The van der Waals surface area contributed by atoms with Gasteiger partial charge in [-0.05, 0) is 24.6 Å². The van der Waals surface area contributed by atoms with Gasteiger partial charge < -0.3 is 19.9 Å². The zero-order chi connectivity index (χ0) is 20.3. The third kappa shape index (κ3) is 4.09. The molecule has 1 aromatic rings. The zero-order valence-corrected chi connectivity index (χ0v) is 16.0. The largest absolute Gasteiger partial charge is 0.382 e. The molecule has 2 unspecified atom stereocenters. The number of methoxy groups -OCH3 is 1. The van der Waals surface area contributed by atoms with Gasteiger partial charge in [0.25, 0.3) is 5.91 Å². The quantitative estimate of drug-likeness (QED) is 0.697.